The third-order valence-corrected chi connectivity index (χ3v) is 5.81. The highest BCUT2D eigenvalue weighted by Crippen LogP contribution is 2.21. The Kier molecular flexibility index (Phi) is 6.69. The summed E-state index contributed by atoms with van der Waals surface area (Å²) in [7, 11) is 1.83. The average molecular weight is 410 g/mol. The second-order valence-corrected chi connectivity index (χ2v) is 8.53. The molecule has 0 unspecified atom stereocenters. The van der Waals surface area contributed by atoms with Gasteiger partial charge in [-0.15, -0.1) is 5.10 Å². The van der Waals surface area contributed by atoms with Gasteiger partial charge < -0.3 is 4.90 Å². The number of tetrazole rings is 1. The van der Waals surface area contributed by atoms with E-state index in [2.05, 4.69) is 73.6 Å². The predicted octanol–water partition coefficient (Wildman–Crippen LogP) is 4.15. The van der Waals surface area contributed by atoms with E-state index in [4.69, 9.17) is 0 Å². The Morgan fingerprint density at radius 1 is 1.14 bits per heavy atom. The number of rotatable bonds is 7. The Hall–Kier alpha value is -2.67. The molecule has 0 aliphatic carbocycles. The fourth-order valence-corrected chi connectivity index (χ4v) is 3.87. The first-order valence-electron chi connectivity index (χ1n) is 9.66. The monoisotopic (exact) mass is 409 g/mol. The summed E-state index contributed by atoms with van der Waals surface area (Å²) in [5, 5.41) is 12.6. The van der Waals surface area contributed by atoms with E-state index in [9.17, 15) is 4.79 Å². The van der Waals surface area contributed by atoms with Gasteiger partial charge >= 0.3 is 0 Å². The minimum absolute atomic E-state index is 0.0414. The number of nitrogens with zero attached hydrogens (tertiary/aromatic N) is 5. The molecule has 0 atom stereocenters. The largest absolute Gasteiger partial charge is 0.341 e. The second kappa shape index (κ2) is 9.22. The van der Waals surface area contributed by atoms with Crippen LogP contribution in [-0.2, 0) is 11.3 Å². The van der Waals surface area contributed by atoms with Crippen molar-refractivity contribution in [3.05, 3.63) is 64.7 Å². The van der Waals surface area contributed by atoms with Gasteiger partial charge in [-0.1, -0.05) is 61.5 Å². The molecule has 0 N–H and O–H groups in total. The van der Waals surface area contributed by atoms with Crippen molar-refractivity contribution < 1.29 is 4.79 Å². The number of hydrogen-bond donors (Lipinski definition) is 0. The van der Waals surface area contributed by atoms with Gasteiger partial charge in [0.2, 0.25) is 11.1 Å². The molecule has 0 bridgehead atoms. The number of aryl methyl sites for hydroxylation is 2. The molecule has 3 aromatic rings. The summed E-state index contributed by atoms with van der Waals surface area (Å²) < 4.78 is 1.67. The van der Waals surface area contributed by atoms with Crippen LogP contribution in [0.1, 0.15) is 42.0 Å². The molecule has 0 aliphatic heterocycles. The number of benzene rings is 2. The Balaban J connectivity index is 1.63. The van der Waals surface area contributed by atoms with Crippen LogP contribution in [0, 0.1) is 13.8 Å². The van der Waals surface area contributed by atoms with Crippen molar-refractivity contribution in [2.75, 3.05) is 12.8 Å². The molecule has 0 spiro atoms. The SMILES string of the molecule is Cc1ccc(CN(C)C(=O)CSc2nnnn2-c2ccc(C(C)C)cc2)c(C)c1. The second-order valence-electron chi connectivity index (χ2n) is 7.59. The smallest absolute Gasteiger partial charge is 0.233 e. The Morgan fingerprint density at radius 3 is 2.52 bits per heavy atom. The fraction of sp³-hybridized carbons (Fsp3) is 0.364. The van der Waals surface area contributed by atoms with Gasteiger partial charge in [-0.2, -0.15) is 4.68 Å². The Labute approximate surface area is 176 Å². The lowest BCUT2D eigenvalue weighted by Crippen LogP contribution is -2.28. The van der Waals surface area contributed by atoms with E-state index in [-0.39, 0.29) is 11.7 Å². The zero-order valence-corrected chi connectivity index (χ0v) is 18.4. The molecule has 152 valence electrons. The summed E-state index contributed by atoms with van der Waals surface area (Å²) in [6.07, 6.45) is 0. The van der Waals surface area contributed by atoms with E-state index in [0.717, 1.165) is 11.3 Å². The summed E-state index contributed by atoms with van der Waals surface area (Å²) in [6.45, 7) is 9.06. The first kappa shape index (κ1) is 21.0. The van der Waals surface area contributed by atoms with Crippen LogP contribution in [0.5, 0.6) is 0 Å². The van der Waals surface area contributed by atoms with Gasteiger partial charge in [0.1, 0.15) is 0 Å². The van der Waals surface area contributed by atoms with Crippen molar-refractivity contribution in [2.45, 2.75) is 45.3 Å². The minimum Gasteiger partial charge on any atom is -0.341 e. The molecular formula is C22H27N5OS. The number of thioether (sulfide) groups is 1. The van der Waals surface area contributed by atoms with Crippen LogP contribution in [0.3, 0.4) is 0 Å². The first-order valence-corrected chi connectivity index (χ1v) is 10.7. The van der Waals surface area contributed by atoms with E-state index in [0.29, 0.717) is 17.6 Å². The fourth-order valence-electron chi connectivity index (χ4n) is 3.03. The van der Waals surface area contributed by atoms with Crippen LogP contribution in [-0.4, -0.2) is 43.8 Å². The van der Waals surface area contributed by atoms with E-state index in [1.54, 1.807) is 9.58 Å². The molecule has 2 aromatic carbocycles. The van der Waals surface area contributed by atoms with Crippen LogP contribution in [0.4, 0.5) is 0 Å². The number of carbonyl (C=O) groups is 1. The Bertz CT molecular complexity index is 981. The molecule has 0 radical (unpaired) electrons. The molecule has 0 saturated carbocycles. The van der Waals surface area contributed by atoms with Gasteiger partial charge in [-0.3, -0.25) is 4.79 Å². The summed E-state index contributed by atoms with van der Waals surface area (Å²) >= 11 is 1.35. The molecule has 1 aromatic heterocycles. The molecule has 0 aliphatic rings. The van der Waals surface area contributed by atoms with Gasteiger partial charge in [0, 0.05) is 13.6 Å². The van der Waals surface area contributed by atoms with Crippen molar-refractivity contribution in [1.82, 2.24) is 25.1 Å². The van der Waals surface area contributed by atoms with Crippen molar-refractivity contribution in [2.24, 2.45) is 0 Å². The van der Waals surface area contributed by atoms with Gasteiger partial charge in [-0.05, 0) is 59.0 Å². The van der Waals surface area contributed by atoms with Crippen molar-refractivity contribution >= 4 is 17.7 Å². The molecule has 1 amide bonds. The van der Waals surface area contributed by atoms with Crippen molar-refractivity contribution in [1.29, 1.82) is 0 Å². The topological polar surface area (TPSA) is 63.9 Å². The van der Waals surface area contributed by atoms with E-state index < -0.39 is 0 Å². The Morgan fingerprint density at radius 2 is 1.86 bits per heavy atom. The molecule has 6 nitrogen and oxygen atoms in total. The van der Waals surface area contributed by atoms with Crippen LogP contribution < -0.4 is 0 Å². The number of aromatic nitrogens is 4. The van der Waals surface area contributed by atoms with Gasteiger partial charge in [0.05, 0.1) is 11.4 Å². The van der Waals surface area contributed by atoms with Crippen molar-refractivity contribution in [3.8, 4) is 5.69 Å². The maximum Gasteiger partial charge on any atom is 0.233 e. The van der Waals surface area contributed by atoms with Crippen LogP contribution in [0.15, 0.2) is 47.6 Å². The predicted molar refractivity (Wildman–Crippen MR) is 116 cm³/mol. The lowest BCUT2D eigenvalue weighted by molar-refractivity contribution is -0.127. The zero-order valence-electron chi connectivity index (χ0n) is 17.6. The lowest BCUT2D eigenvalue weighted by atomic mass is 10.0. The summed E-state index contributed by atoms with van der Waals surface area (Å²) in [4.78, 5) is 14.4. The molecular weight excluding hydrogens is 382 g/mol. The van der Waals surface area contributed by atoms with Crippen LogP contribution >= 0.6 is 11.8 Å². The molecule has 0 saturated heterocycles. The lowest BCUT2D eigenvalue weighted by Gasteiger charge is -2.18. The first-order chi connectivity index (χ1) is 13.8. The normalized spacial score (nSPS) is 11.1. The maximum absolute atomic E-state index is 12.6. The van der Waals surface area contributed by atoms with Gasteiger partial charge in [0.25, 0.3) is 0 Å². The van der Waals surface area contributed by atoms with Gasteiger partial charge in [-0.25, -0.2) is 0 Å². The van der Waals surface area contributed by atoms with Gasteiger partial charge in [0.15, 0.2) is 0 Å². The molecule has 29 heavy (non-hydrogen) atoms. The minimum atomic E-state index is 0.0414. The third-order valence-electron chi connectivity index (χ3n) is 4.90. The molecule has 7 heteroatoms. The number of carbonyl (C=O) groups excluding carboxylic acids is 1. The number of amides is 1. The van der Waals surface area contributed by atoms with E-state index in [1.165, 1.54) is 28.5 Å². The number of hydrogen-bond acceptors (Lipinski definition) is 5. The van der Waals surface area contributed by atoms with Crippen LogP contribution in [0.2, 0.25) is 0 Å². The maximum atomic E-state index is 12.6. The quantitative estimate of drug-likeness (QED) is 0.549. The van der Waals surface area contributed by atoms with E-state index >= 15 is 0 Å². The summed E-state index contributed by atoms with van der Waals surface area (Å²) in [5.41, 5.74) is 5.74. The zero-order chi connectivity index (χ0) is 21.0. The molecule has 3 rings (SSSR count). The van der Waals surface area contributed by atoms with Crippen molar-refractivity contribution in [3.63, 3.8) is 0 Å². The highest BCUT2D eigenvalue weighted by molar-refractivity contribution is 7.99. The molecule has 1 heterocycles. The average Bonchev–Trinajstić information content (AvgIpc) is 3.16. The highest BCUT2D eigenvalue weighted by Gasteiger charge is 2.15. The summed E-state index contributed by atoms with van der Waals surface area (Å²) in [6, 6.07) is 14.5. The molecule has 0 fully saturated rings. The van der Waals surface area contributed by atoms with E-state index in [1.807, 2.05) is 19.2 Å². The summed E-state index contributed by atoms with van der Waals surface area (Å²) in [5.74, 6) is 0.794. The highest BCUT2D eigenvalue weighted by atomic mass is 32.2. The third kappa shape index (κ3) is 5.23. The van der Waals surface area contributed by atoms with Crippen LogP contribution in [0.25, 0.3) is 5.69 Å². The standard InChI is InChI=1S/C22H27N5OS/c1-15(2)18-8-10-20(11-9-18)27-22(23-24-25-27)29-14-21(28)26(5)13-19-7-6-16(3)12-17(19)4/h6-12,15H,13-14H2,1-5H3.